The Kier molecular flexibility index (Phi) is 13.3. The molecule has 3 heteroatoms. The van der Waals surface area contributed by atoms with E-state index in [2.05, 4.69) is 33.0 Å². The van der Waals surface area contributed by atoms with Gasteiger partial charge in [0.05, 0.1) is 0 Å². The van der Waals surface area contributed by atoms with Crippen molar-refractivity contribution < 1.29 is 4.43 Å². The SMILES string of the molecule is CC(C)(C)O[SiH3].CCCCCCNC. The van der Waals surface area contributed by atoms with Crippen molar-refractivity contribution in [3.05, 3.63) is 0 Å². The van der Waals surface area contributed by atoms with Gasteiger partial charge >= 0.3 is 0 Å². The summed E-state index contributed by atoms with van der Waals surface area (Å²) in [5, 5.41) is 3.13. The number of hydrogen-bond acceptors (Lipinski definition) is 2. The largest absolute Gasteiger partial charge is 0.423 e. The van der Waals surface area contributed by atoms with E-state index in [4.69, 9.17) is 4.43 Å². The Morgan fingerprint density at radius 1 is 1.14 bits per heavy atom. The molecular formula is C11H29NOSi. The van der Waals surface area contributed by atoms with Crippen molar-refractivity contribution in [3.8, 4) is 0 Å². The molecule has 0 unspecified atom stereocenters. The number of hydrogen-bond donors (Lipinski definition) is 1. The fourth-order valence-corrected chi connectivity index (χ4v) is 0.729. The molecule has 14 heavy (non-hydrogen) atoms. The molecule has 0 heterocycles. The molecule has 2 nitrogen and oxygen atoms in total. The zero-order valence-corrected chi connectivity index (χ0v) is 12.9. The van der Waals surface area contributed by atoms with E-state index < -0.39 is 0 Å². The maximum atomic E-state index is 5.08. The van der Waals surface area contributed by atoms with E-state index in [1.807, 2.05) is 7.05 Å². The Labute approximate surface area is 93.4 Å². The molecule has 0 saturated heterocycles. The molecule has 0 rings (SSSR count). The monoisotopic (exact) mass is 219 g/mol. The summed E-state index contributed by atoms with van der Waals surface area (Å²) >= 11 is 0. The first-order valence-corrected chi connectivity index (χ1v) is 6.49. The summed E-state index contributed by atoms with van der Waals surface area (Å²) < 4.78 is 5.08. The third-order valence-corrected chi connectivity index (χ3v) is 3.12. The van der Waals surface area contributed by atoms with Crippen molar-refractivity contribution in [2.24, 2.45) is 0 Å². The summed E-state index contributed by atoms with van der Waals surface area (Å²) in [6, 6.07) is 0. The quantitative estimate of drug-likeness (QED) is 0.563. The zero-order valence-electron chi connectivity index (χ0n) is 10.9. The van der Waals surface area contributed by atoms with Gasteiger partial charge in [0.15, 0.2) is 0 Å². The molecule has 0 aliphatic rings. The van der Waals surface area contributed by atoms with Gasteiger partial charge in [-0.1, -0.05) is 26.2 Å². The van der Waals surface area contributed by atoms with Crippen molar-refractivity contribution in [3.63, 3.8) is 0 Å². The first-order valence-electron chi connectivity index (χ1n) is 5.67. The molecular weight excluding hydrogens is 190 g/mol. The van der Waals surface area contributed by atoms with E-state index in [1.165, 1.54) is 32.2 Å². The fourth-order valence-electron chi connectivity index (χ4n) is 0.729. The van der Waals surface area contributed by atoms with Crippen molar-refractivity contribution in [1.82, 2.24) is 5.32 Å². The normalized spacial score (nSPS) is 10.9. The van der Waals surface area contributed by atoms with Crippen LogP contribution in [0.1, 0.15) is 53.4 Å². The molecule has 0 radical (unpaired) electrons. The Balaban J connectivity index is 0. The van der Waals surface area contributed by atoms with Gasteiger partial charge in [-0.3, -0.25) is 0 Å². The van der Waals surface area contributed by atoms with Crippen LogP contribution in [-0.2, 0) is 4.43 Å². The molecule has 0 fully saturated rings. The van der Waals surface area contributed by atoms with E-state index in [1.54, 1.807) is 0 Å². The molecule has 0 spiro atoms. The van der Waals surface area contributed by atoms with Crippen LogP contribution in [0.4, 0.5) is 0 Å². The fraction of sp³-hybridized carbons (Fsp3) is 1.00. The Hall–Kier alpha value is 0.137. The highest BCUT2D eigenvalue weighted by atomic mass is 28.2. The molecule has 0 atom stereocenters. The summed E-state index contributed by atoms with van der Waals surface area (Å²) in [6.45, 7) is 9.58. The first kappa shape index (κ1) is 16.6. The summed E-state index contributed by atoms with van der Waals surface area (Å²) in [7, 11) is 2.85. The van der Waals surface area contributed by atoms with Gasteiger partial charge in [0.25, 0.3) is 0 Å². The second kappa shape index (κ2) is 11.2. The smallest absolute Gasteiger partial charge is 0.146 e. The standard InChI is InChI=1S/C7H17N.C4H12OSi/c1-3-4-5-6-7-8-2;1-4(2,3)5-6/h8H,3-7H2,1-2H3;1-3,6H3. The van der Waals surface area contributed by atoms with E-state index >= 15 is 0 Å². The molecule has 1 N–H and O–H groups in total. The van der Waals surface area contributed by atoms with Gasteiger partial charge in [-0.05, 0) is 40.8 Å². The van der Waals surface area contributed by atoms with Crippen LogP contribution in [0.25, 0.3) is 0 Å². The summed E-state index contributed by atoms with van der Waals surface area (Å²) in [6.07, 6.45) is 5.45. The van der Waals surface area contributed by atoms with Crippen molar-refractivity contribution >= 4 is 10.5 Å². The van der Waals surface area contributed by atoms with Crippen LogP contribution in [-0.4, -0.2) is 29.7 Å². The van der Waals surface area contributed by atoms with Gasteiger partial charge in [-0.15, -0.1) is 0 Å². The second-order valence-electron chi connectivity index (χ2n) is 4.48. The van der Waals surface area contributed by atoms with Gasteiger partial charge in [0, 0.05) is 5.60 Å². The first-order chi connectivity index (χ1) is 6.47. The predicted molar refractivity (Wildman–Crippen MR) is 68.8 cm³/mol. The highest BCUT2D eigenvalue weighted by Crippen LogP contribution is 2.01. The summed E-state index contributed by atoms with van der Waals surface area (Å²) in [4.78, 5) is 0. The predicted octanol–water partition coefficient (Wildman–Crippen LogP) is 1.87. The molecule has 0 aliphatic carbocycles. The molecule has 0 aromatic rings. The van der Waals surface area contributed by atoms with Gasteiger partial charge in [-0.2, -0.15) is 0 Å². The average Bonchev–Trinajstić information content (AvgIpc) is 2.13. The molecule has 0 aromatic carbocycles. The lowest BCUT2D eigenvalue weighted by Gasteiger charge is -2.15. The van der Waals surface area contributed by atoms with Crippen LogP contribution in [0.5, 0.6) is 0 Å². The lowest BCUT2D eigenvalue weighted by Crippen LogP contribution is -2.16. The van der Waals surface area contributed by atoms with E-state index in [9.17, 15) is 0 Å². The van der Waals surface area contributed by atoms with Crippen LogP contribution in [0.3, 0.4) is 0 Å². The van der Waals surface area contributed by atoms with Crippen LogP contribution >= 0.6 is 0 Å². The lowest BCUT2D eigenvalue weighted by atomic mass is 10.2. The third-order valence-electron chi connectivity index (χ3n) is 1.89. The molecule has 0 aliphatic heterocycles. The maximum Gasteiger partial charge on any atom is 0.146 e. The van der Waals surface area contributed by atoms with Crippen LogP contribution in [0.15, 0.2) is 0 Å². The van der Waals surface area contributed by atoms with Crippen molar-refractivity contribution in [2.75, 3.05) is 13.6 Å². The summed E-state index contributed by atoms with van der Waals surface area (Å²) in [5.41, 5.74) is 0.103. The maximum absolute atomic E-state index is 5.08. The van der Waals surface area contributed by atoms with E-state index in [0.29, 0.717) is 0 Å². The summed E-state index contributed by atoms with van der Waals surface area (Å²) in [5.74, 6) is 0. The van der Waals surface area contributed by atoms with E-state index in [-0.39, 0.29) is 5.60 Å². The lowest BCUT2D eigenvalue weighted by molar-refractivity contribution is 0.147. The molecule has 88 valence electrons. The molecule has 0 amide bonds. The zero-order chi connectivity index (χ0) is 11.4. The number of nitrogens with one attached hydrogen (secondary N) is 1. The Morgan fingerprint density at radius 3 is 1.93 bits per heavy atom. The van der Waals surface area contributed by atoms with Gasteiger partial charge in [0.1, 0.15) is 10.5 Å². The number of rotatable bonds is 5. The van der Waals surface area contributed by atoms with E-state index in [0.717, 1.165) is 10.5 Å². The highest BCUT2D eigenvalue weighted by molar-refractivity contribution is 5.98. The third kappa shape index (κ3) is 22.7. The van der Waals surface area contributed by atoms with Crippen molar-refractivity contribution in [1.29, 1.82) is 0 Å². The minimum Gasteiger partial charge on any atom is -0.423 e. The second-order valence-corrected chi connectivity index (χ2v) is 4.89. The minimum atomic E-state index is 0.103. The van der Waals surface area contributed by atoms with Gasteiger partial charge in [-0.25, -0.2) is 0 Å². The molecule has 0 saturated carbocycles. The van der Waals surface area contributed by atoms with Crippen molar-refractivity contribution in [2.45, 2.75) is 59.0 Å². The topological polar surface area (TPSA) is 21.3 Å². The Bertz CT molecular complexity index is 96.0. The highest BCUT2D eigenvalue weighted by Gasteiger charge is 2.03. The molecule has 0 bridgehead atoms. The van der Waals surface area contributed by atoms with Crippen LogP contribution < -0.4 is 5.32 Å². The number of unbranched alkanes of at least 4 members (excludes halogenated alkanes) is 3. The Morgan fingerprint density at radius 2 is 1.64 bits per heavy atom. The van der Waals surface area contributed by atoms with Gasteiger partial charge < -0.3 is 9.74 Å². The van der Waals surface area contributed by atoms with Gasteiger partial charge in [0.2, 0.25) is 0 Å². The van der Waals surface area contributed by atoms with Crippen LogP contribution in [0, 0.1) is 0 Å². The molecule has 0 aromatic heterocycles. The van der Waals surface area contributed by atoms with Crippen LogP contribution in [0.2, 0.25) is 0 Å². The average molecular weight is 219 g/mol. The minimum absolute atomic E-state index is 0.103.